The molecule has 1 heterocycles. The van der Waals surface area contributed by atoms with Crippen LogP contribution in [-0.2, 0) is 0 Å². The van der Waals surface area contributed by atoms with Gasteiger partial charge in [0.1, 0.15) is 11.5 Å². The van der Waals surface area contributed by atoms with E-state index in [1.165, 1.54) is 0 Å². The molecule has 0 aliphatic carbocycles. The highest BCUT2D eigenvalue weighted by atomic mass is 16.5. The molecule has 2 aromatic rings. The van der Waals surface area contributed by atoms with Gasteiger partial charge >= 0.3 is 0 Å². The first-order chi connectivity index (χ1) is 8.54. The average molecular weight is 246 g/mol. The molecule has 0 radical (unpaired) electrons. The number of aryl methyl sites for hydroxylation is 1. The molecule has 0 fully saturated rings. The van der Waals surface area contributed by atoms with Gasteiger partial charge in [0, 0.05) is 5.92 Å². The van der Waals surface area contributed by atoms with Crippen LogP contribution >= 0.6 is 0 Å². The van der Waals surface area contributed by atoms with E-state index in [0.29, 0.717) is 5.82 Å². The normalized spacial score (nSPS) is 10.9. The predicted octanol–water partition coefficient (Wildman–Crippen LogP) is 3.36. The fourth-order valence-corrected chi connectivity index (χ4v) is 1.98. The Bertz CT molecular complexity index is 559. The zero-order valence-corrected chi connectivity index (χ0v) is 11.2. The maximum Gasteiger partial charge on any atom is 0.175 e. The summed E-state index contributed by atoms with van der Waals surface area (Å²) in [4.78, 5) is 0. The van der Waals surface area contributed by atoms with Crippen molar-refractivity contribution in [1.82, 2.24) is 5.16 Å². The van der Waals surface area contributed by atoms with Crippen molar-refractivity contribution in [3.63, 3.8) is 0 Å². The number of rotatable bonds is 3. The molecule has 0 saturated heterocycles. The second kappa shape index (κ2) is 4.72. The number of methoxy groups -OCH3 is 1. The average Bonchev–Trinajstić information content (AvgIpc) is 2.72. The first kappa shape index (κ1) is 12.5. The highest BCUT2D eigenvalue weighted by Crippen LogP contribution is 2.36. The van der Waals surface area contributed by atoms with Crippen LogP contribution in [0.5, 0.6) is 5.75 Å². The zero-order valence-electron chi connectivity index (χ0n) is 11.2. The van der Waals surface area contributed by atoms with E-state index in [9.17, 15) is 0 Å². The molecule has 96 valence electrons. The highest BCUT2D eigenvalue weighted by Gasteiger charge is 2.19. The summed E-state index contributed by atoms with van der Waals surface area (Å²) in [5, 5.41) is 3.85. The number of anilines is 1. The molecule has 0 spiro atoms. The number of benzene rings is 1. The second-order valence-corrected chi connectivity index (χ2v) is 4.65. The van der Waals surface area contributed by atoms with E-state index in [0.717, 1.165) is 28.2 Å². The molecular formula is C14H18N2O2. The van der Waals surface area contributed by atoms with E-state index in [-0.39, 0.29) is 5.92 Å². The van der Waals surface area contributed by atoms with Gasteiger partial charge in [0.25, 0.3) is 0 Å². The van der Waals surface area contributed by atoms with Crippen LogP contribution < -0.4 is 10.5 Å². The summed E-state index contributed by atoms with van der Waals surface area (Å²) in [7, 11) is 1.66. The molecule has 0 bridgehead atoms. The zero-order chi connectivity index (χ0) is 13.3. The fourth-order valence-electron chi connectivity index (χ4n) is 1.98. The molecule has 4 nitrogen and oxygen atoms in total. The summed E-state index contributed by atoms with van der Waals surface area (Å²) in [6.45, 7) is 6.10. The lowest BCUT2D eigenvalue weighted by Crippen LogP contribution is -1.94. The van der Waals surface area contributed by atoms with Crippen molar-refractivity contribution in [2.24, 2.45) is 0 Å². The molecule has 0 atom stereocenters. The Kier molecular flexibility index (Phi) is 3.28. The maximum atomic E-state index is 5.90. The third-order valence-electron chi connectivity index (χ3n) is 2.97. The molecule has 1 aromatic heterocycles. The summed E-state index contributed by atoms with van der Waals surface area (Å²) in [5.41, 5.74) is 8.82. The van der Waals surface area contributed by atoms with Crippen molar-refractivity contribution >= 4 is 5.82 Å². The standard InChI is InChI=1S/C14H18N2O2/c1-8(2)13-12(14(15)16-18-13)10-6-5-9(3)11(7-10)17-4/h5-8H,1-4H3,(H2,15,16). The van der Waals surface area contributed by atoms with Crippen LogP contribution in [0.1, 0.15) is 31.1 Å². The smallest absolute Gasteiger partial charge is 0.175 e. The summed E-state index contributed by atoms with van der Waals surface area (Å²) in [6, 6.07) is 5.97. The van der Waals surface area contributed by atoms with Gasteiger partial charge in [-0.2, -0.15) is 0 Å². The molecule has 0 aliphatic heterocycles. The third kappa shape index (κ3) is 2.06. The Balaban J connectivity index is 2.58. The van der Waals surface area contributed by atoms with Crippen LogP contribution in [0.15, 0.2) is 22.7 Å². The summed E-state index contributed by atoms with van der Waals surface area (Å²) < 4.78 is 10.6. The first-order valence-corrected chi connectivity index (χ1v) is 5.94. The van der Waals surface area contributed by atoms with Crippen molar-refractivity contribution in [3.8, 4) is 16.9 Å². The fraction of sp³-hybridized carbons (Fsp3) is 0.357. The van der Waals surface area contributed by atoms with Gasteiger partial charge in [-0.3, -0.25) is 0 Å². The monoisotopic (exact) mass is 246 g/mol. The second-order valence-electron chi connectivity index (χ2n) is 4.65. The van der Waals surface area contributed by atoms with Crippen molar-refractivity contribution < 1.29 is 9.26 Å². The van der Waals surface area contributed by atoms with Gasteiger partial charge in [0.15, 0.2) is 5.82 Å². The van der Waals surface area contributed by atoms with Crippen molar-refractivity contribution in [3.05, 3.63) is 29.5 Å². The molecule has 0 saturated carbocycles. The van der Waals surface area contributed by atoms with Crippen LogP contribution in [-0.4, -0.2) is 12.3 Å². The van der Waals surface area contributed by atoms with Gasteiger partial charge in [0.05, 0.1) is 12.7 Å². The van der Waals surface area contributed by atoms with E-state index in [2.05, 4.69) is 19.0 Å². The largest absolute Gasteiger partial charge is 0.496 e. The number of nitrogen functional groups attached to an aromatic ring is 1. The number of ether oxygens (including phenoxy) is 1. The Morgan fingerprint density at radius 1 is 1.33 bits per heavy atom. The van der Waals surface area contributed by atoms with E-state index < -0.39 is 0 Å². The molecule has 4 heteroatoms. The van der Waals surface area contributed by atoms with Crippen LogP contribution in [0.25, 0.3) is 11.1 Å². The van der Waals surface area contributed by atoms with Crippen LogP contribution in [0, 0.1) is 6.92 Å². The SMILES string of the molecule is COc1cc(-c2c(N)noc2C(C)C)ccc1C. The Hall–Kier alpha value is -1.97. The van der Waals surface area contributed by atoms with Gasteiger partial charge in [-0.25, -0.2) is 0 Å². The topological polar surface area (TPSA) is 61.3 Å². The Labute approximate surface area is 107 Å². The lowest BCUT2D eigenvalue weighted by molar-refractivity contribution is 0.374. The van der Waals surface area contributed by atoms with E-state index in [4.69, 9.17) is 15.0 Å². The Morgan fingerprint density at radius 2 is 2.06 bits per heavy atom. The number of aromatic nitrogens is 1. The molecule has 0 unspecified atom stereocenters. The van der Waals surface area contributed by atoms with Crippen LogP contribution in [0.4, 0.5) is 5.82 Å². The summed E-state index contributed by atoms with van der Waals surface area (Å²) in [6.07, 6.45) is 0. The summed E-state index contributed by atoms with van der Waals surface area (Å²) in [5.74, 6) is 2.29. The van der Waals surface area contributed by atoms with Gasteiger partial charge < -0.3 is 15.0 Å². The minimum atomic E-state index is 0.233. The third-order valence-corrected chi connectivity index (χ3v) is 2.97. The highest BCUT2D eigenvalue weighted by molar-refractivity contribution is 5.77. The van der Waals surface area contributed by atoms with Crippen molar-refractivity contribution in [1.29, 1.82) is 0 Å². The minimum absolute atomic E-state index is 0.233. The molecule has 2 N–H and O–H groups in total. The molecule has 0 amide bonds. The van der Waals surface area contributed by atoms with Crippen LogP contribution in [0.2, 0.25) is 0 Å². The Morgan fingerprint density at radius 3 is 2.67 bits per heavy atom. The molecule has 2 rings (SSSR count). The lowest BCUT2D eigenvalue weighted by Gasteiger charge is -2.09. The molecule has 1 aromatic carbocycles. The number of nitrogens with zero attached hydrogens (tertiary/aromatic N) is 1. The maximum absolute atomic E-state index is 5.90. The van der Waals surface area contributed by atoms with Crippen molar-refractivity contribution in [2.45, 2.75) is 26.7 Å². The van der Waals surface area contributed by atoms with Crippen molar-refractivity contribution in [2.75, 3.05) is 12.8 Å². The summed E-state index contributed by atoms with van der Waals surface area (Å²) >= 11 is 0. The van der Waals surface area contributed by atoms with Gasteiger partial charge in [0.2, 0.25) is 0 Å². The lowest BCUT2D eigenvalue weighted by atomic mass is 9.99. The van der Waals surface area contributed by atoms with E-state index in [1.54, 1.807) is 7.11 Å². The molecular weight excluding hydrogens is 228 g/mol. The van der Waals surface area contributed by atoms with Crippen LogP contribution in [0.3, 0.4) is 0 Å². The molecule has 18 heavy (non-hydrogen) atoms. The van der Waals surface area contributed by atoms with E-state index in [1.807, 2.05) is 25.1 Å². The van der Waals surface area contributed by atoms with Gasteiger partial charge in [-0.1, -0.05) is 31.1 Å². The quantitative estimate of drug-likeness (QED) is 0.902. The first-order valence-electron chi connectivity index (χ1n) is 5.94. The molecule has 0 aliphatic rings. The number of hydrogen-bond donors (Lipinski definition) is 1. The number of nitrogens with two attached hydrogens (primary N) is 1. The number of hydrogen-bond acceptors (Lipinski definition) is 4. The van der Waals surface area contributed by atoms with E-state index >= 15 is 0 Å². The van der Waals surface area contributed by atoms with Gasteiger partial charge in [-0.15, -0.1) is 0 Å². The minimum Gasteiger partial charge on any atom is -0.496 e. The predicted molar refractivity (Wildman–Crippen MR) is 71.7 cm³/mol. The van der Waals surface area contributed by atoms with Gasteiger partial charge in [-0.05, 0) is 24.1 Å².